The number of ketones is 1. The van der Waals surface area contributed by atoms with E-state index in [2.05, 4.69) is 0 Å². The van der Waals surface area contributed by atoms with E-state index in [9.17, 15) is 14.0 Å². The standard InChI is InChI=1S/C15H18FNO3/c16-13-6-4-12(5-7-13)14(18)2-1-3-15(19)17-8-10-20-11-9-17/h4-7H,1-3,8-11H2. The quantitative estimate of drug-likeness (QED) is 0.775. The Kier molecular flexibility index (Phi) is 5.24. The predicted octanol–water partition coefficient (Wildman–Crippen LogP) is 2.04. The van der Waals surface area contributed by atoms with Crippen LogP contribution in [0, 0.1) is 5.82 Å². The van der Waals surface area contributed by atoms with Gasteiger partial charge in [-0.1, -0.05) is 0 Å². The first-order chi connectivity index (χ1) is 9.66. The lowest BCUT2D eigenvalue weighted by molar-refractivity contribution is -0.135. The summed E-state index contributed by atoms with van der Waals surface area (Å²) < 4.78 is 17.9. The molecule has 1 aromatic carbocycles. The summed E-state index contributed by atoms with van der Waals surface area (Å²) >= 11 is 0. The minimum atomic E-state index is -0.357. The van der Waals surface area contributed by atoms with Gasteiger partial charge in [-0.15, -0.1) is 0 Å². The second-order valence-electron chi connectivity index (χ2n) is 4.78. The van der Waals surface area contributed by atoms with Crippen LogP contribution in [0.2, 0.25) is 0 Å². The van der Waals surface area contributed by atoms with E-state index in [4.69, 9.17) is 4.74 Å². The molecule has 1 fully saturated rings. The highest BCUT2D eigenvalue weighted by Crippen LogP contribution is 2.10. The Hall–Kier alpha value is -1.75. The van der Waals surface area contributed by atoms with Crippen LogP contribution in [0.3, 0.4) is 0 Å². The topological polar surface area (TPSA) is 46.6 Å². The van der Waals surface area contributed by atoms with Crippen molar-refractivity contribution in [1.29, 1.82) is 0 Å². The predicted molar refractivity (Wildman–Crippen MR) is 72.0 cm³/mol. The zero-order valence-electron chi connectivity index (χ0n) is 11.3. The molecule has 1 aliphatic heterocycles. The Morgan fingerprint density at radius 3 is 2.40 bits per heavy atom. The minimum Gasteiger partial charge on any atom is -0.378 e. The Labute approximate surface area is 117 Å². The maximum Gasteiger partial charge on any atom is 0.222 e. The van der Waals surface area contributed by atoms with Gasteiger partial charge in [0.1, 0.15) is 5.82 Å². The summed E-state index contributed by atoms with van der Waals surface area (Å²) in [5, 5.41) is 0. The van der Waals surface area contributed by atoms with Gasteiger partial charge in [0, 0.05) is 31.5 Å². The van der Waals surface area contributed by atoms with Crippen molar-refractivity contribution in [2.45, 2.75) is 19.3 Å². The number of carbonyl (C=O) groups excluding carboxylic acids is 2. The summed E-state index contributed by atoms with van der Waals surface area (Å²) in [6.45, 7) is 2.43. The van der Waals surface area contributed by atoms with Gasteiger partial charge in [0.2, 0.25) is 5.91 Å². The van der Waals surface area contributed by atoms with Crippen LogP contribution in [-0.2, 0) is 9.53 Å². The number of Topliss-reactive ketones (excluding diaryl/α,β-unsaturated/α-hetero) is 1. The van der Waals surface area contributed by atoms with Crippen LogP contribution in [0.25, 0.3) is 0 Å². The number of nitrogens with zero attached hydrogens (tertiary/aromatic N) is 1. The molecular weight excluding hydrogens is 261 g/mol. The molecular formula is C15H18FNO3. The smallest absolute Gasteiger partial charge is 0.222 e. The molecule has 0 saturated carbocycles. The van der Waals surface area contributed by atoms with Crippen molar-refractivity contribution in [1.82, 2.24) is 4.90 Å². The van der Waals surface area contributed by atoms with Crippen LogP contribution in [0.5, 0.6) is 0 Å². The Morgan fingerprint density at radius 2 is 1.75 bits per heavy atom. The summed E-state index contributed by atoms with van der Waals surface area (Å²) in [6.07, 6.45) is 1.20. The molecule has 0 spiro atoms. The monoisotopic (exact) mass is 279 g/mol. The number of ether oxygens (including phenoxy) is 1. The summed E-state index contributed by atoms with van der Waals surface area (Å²) in [5.74, 6) is -0.343. The largest absolute Gasteiger partial charge is 0.378 e. The molecule has 0 unspecified atom stereocenters. The minimum absolute atomic E-state index is 0.0558. The first-order valence-electron chi connectivity index (χ1n) is 6.81. The van der Waals surface area contributed by atoms with Crippen molar-refractivity contribution in [3.8, 4) is 0 Å². The van der Waals surface area contributed by atoms with Gasteiger partial charge in [-0.05, 0) is 30.7 Å². The van der Waals surface area contributed by atoms with E-state index < -0.39 is 0 Å². The molecule has 1 aromatic rings. The molecule has 1 saturated heterocycles. The van der Waals surface area contributed by atoms with Gasteiger partial charge >= 0.3 is 0 Å². The normalized spacial score (nSPS) is 15.2. The number of rotatable bonds is 5. The first kappa shape index (κ1) is 14.7. The second kappa shape index (κ2) is 7.14. The molecule has 108 valence electrons. The van der Waals surface area contributed by atoms with E-state index in [1.54, 1.807) is 4.90 Å². The molecule has 0 bridgehead atoms. The zero-order valence-corrected chi connectivity index (χ0v) is 11.3. The third kappa shape index (κ3) is 4.13. The molecule has 1 aliphatic rings. The zero-order chi connectivity index (χ0) is 14.4. The molecule has 0 radical (unpaired) electrons. The van der Waals surface area contributed by atoms with Gasteiger partial charge in [0.05, 0.1) is 13.2 Å². The molecule has 1 heterocycles. The molecule has 1 amide bonds. The number of amides is 1. The molecule has 2 rings (SSSR count). The van der Waals surface area contributed by atoms with E-state index in [0.717, 1.165) is 0 Å². The average Bonchev–Trinajstić information content (AvgIpc) is 2.48. The summed E-state index contributed by atoms with van der Waals surface area (Å²) in [4.78, 5) is 25.5. The summed E-state index contributed by atoms with van der Waals surface area (Å²) in [5.41, 5.74) is 0.491. The van der Waals surface area contributed by atoms with E-state index in [1.165, 1.54) is 24.3 Å². The Bertz CT molecular complexity index is 467. The van der Waals surface area contributed by atoms with E-state index in [-0.39, 0.29) is 17.5 Å². The highest BCUT2D eigenvalue weighted by atomic mass is 19.1. The van der Waals surface area contributed by atoms with Gasteiger partial charge in [-0.3, -0.25) is 9.59 Å². The number of carbonyl (C=O) groups is 2. The van der Waals surface area contributed by atoms with Crippen LogP contribution >= 0.6 is 0 Å². The van der Waals surface area contributed by atoms with Crippen molar-refractivity contribution >= 4 is 11.7 Å². The molecule has 0 aliphatic carbocycles. The van der Waals surface area contributed by atoms with Gasteiger partial charge in [-0.25, -0.2) is 4.39 Å². The van der Waals surface area contributed by atoms with Gasteiger partial charge in [0.15, 0.2) is 5.78 Å². The molecule has 20 heavy (non-hydrogen) atoms. The first-order valence-corrected chi connectivity index (χ1v) is 6.81. The molecule has 4 nitrogen and oxygen atoms in total. The highest BCUT2D eigenvalue weighted by Gasteiger charge is 2.16. The summed E-state index contributed by atoms with van der Waals surface area (Å²) in [6, 6.07) is 5.49. The SMILES string of the molecule is O=C(CCCC(=O)N1CCOCC1)c1ccc(F)cc1. The van der Waals surface area contributed by atoms with E-state index in [1.807, 2.05) is 0 Å². The molecule has 0 aromatic heterocycles. The fraction of sp³-hybridized carbons (Fsp3) is 0.467. The maximum absolute atomic E-state index is 12.7. The maximum atomic E-state index is 12.7. The van der Waals surface area contributed by atoms with Crippen molar-refractivity contribution < 1.29 is 18.7 Å². The van der Waals surface area contributed by atoms with E-state index in [0.29, 0.717) is 51.1 Å². The number of halogens is 1. The van der Waals surface area contributed by atoms with Crippen LogP contribution < -0.4 is 0 Å². The second-order valence-corrected chi connectivity index (χ2v) is 4.78. The average molecular weight is 279 g/mol. The molecule has 5 heteroatoms. The third-order valence-electron chi connectivity index (χ3n) is 3.32. The lowest BCUT2D eigenvalue weighted by Gasteiger charge is -2.26. The Morgan fingerprint density at radius 1 is 1.10 bits per heavy atom. The van der Waals surface area contributed by atoms with Gasteiger partial charge in [0.25, 0.3) is 0 Å². The lowest BCUT2D eigenvalue weighted by atomic mass is 10.1. The number of hydrogen-bond donors (Lipinski definition) is 0. The highest BCUT2D eigenvalue weighted by molar-refractivity contribution is 5.96. The Balaban J connectivity index is 1.73. The van der Waals surface area contributed by atoms with Crippen LogP contribution in [-0.4, -0.2) is 42.9 Å². The summed E-state index contributed by atoms with van der Waals surface area (Å²) in [7, 11) is 0. The number of hydrogen-bond acceptors (Lipinski definition) is 3. The van der Waals surface area contributed by atoms with Gasteiger partial charge in [-0.2, -0.15) is 0 Å². The third-order valence-corrected chi connectivity index (χ3v) is 3.32. The van der Waals surface area contributed by atoms with Crippen LogP contribution in [0.1, 0.15) is 29.6 Å². The van der Waals surface area contributed by atoms with E-state index >= 15 is 0 Å². The van der Waals surface area contributed by atoms with Crippen molar-refractivity contribution in [3.05, 3.63) is 35.6 Å². The van der Waals surface area contributed by atoms with Crippen LogP contribution in [0.4, 0.5) is 4.39 Å². The molecule has 0 N–H and O–H groups in total. The van der Waals surface area contributed by atoms with Crippen molar-refractivity contribution in [2.24, 2.45) is 0 Å². The van der Waals surface area contributed by atoms with Crippen LogP contribution in [0.15, 0.2) is 24.3 Å². The molecule has 0 atom stereocenters. The van der Waals surface area contributed by atoms with Crippen molar-refractivity contribution in [3.63, 3.8) is 0 Å². The number of morpholine rings is 1. The fourth-order valence-corrected chi connectivity index (χ4v) is 2.15. The lowest BCUT2D eigenvalue weighted by Crippen LogP contribution is -2.40. The number of benzene rings is 1. The van der Waals surface area contributed by atoms with Gasteiger partial charge < -0.3 is 9.64 Å². The fourth-order valence-electron chi connectivity index (χ4n) is 2.15. The van der Waals surface area contributed by atoms with Crippen molar-refractivity contribution in [2.75, 3.05) is 26.3 Å².